The van der Waals surface area contributed by atoms with E-state index in [2.05, 4.69) is 147 Å². The lowest BCUT2D eigenvalue weighted by molar-refractivity contribution is 0.360. The average molecular weight is 683 g/mol. The maximum absolute atomic E-state index is 6.72. The van der Waals surface area contributed by atoms with Crippen LogP contribution in [0.4, 0.5) is 0 Å². The lowest BCUT2D eigenvalue weighted by Gasteiger charge is -2.26. The van der Waals surface area contributed by atoms with Gasteiger partial charge in [-0.2, -0.15) is 0 Å². The van der Waals surface area contributed by atoms with E-state index < -0.39 is 0 Å². The van der Waals surface area contributed by atoms with Crippen molar-refractivity contribution < 1.29 is 9.47 Å². The first-order valence-electron chi connectivity index (χ1n) is 18.0. The summed E-state index contributed by atoms with van der Waals surface area (Å²) in [6, 6.07) is 58.7. The number of aromatic nitrogens is 2. The van der Waals surface area contributed by atoms with Gasteiger partial charge in [0.2, 0.25) is 0 Å². The SMILES string of the molecule is CC1(C)c2ccccc2-c2cc3c(cc21)Oc1c(cccc1-c1ccc(-c2cc(-c4ccccc4)nc(-c4cccc(-c5ccccc5)c4)n2)cc1)O3. The molecule has 0 fully saturated rings. The average Bonchev–Trinajstić information content (AvgIpc) is 3.44. The van der Waals surface area contributed by atoms with Crippen LogP contribution >= 0.6 is 0 Å². The molecule has 2 heterocycles. The minimum Gasteiger partial charge on any atom is -0.449 e. The van der Waals surface area contributed by atoms with Crippen LogP contribution in [0.1, 0.15) is 25.0 Å². The molecule has 0 saturated heterocycles. The van der Waals surface area contributed by atoms with E-state index in [0.717, 1.165) is 67.6 Å². The zero-order valence-electron chi connectivity index (χ0n) is 29.4. The van der Waals surface area contributed by atoms with Crippen molar-refractivity contribution in [3.05, 3.63) is 181 Å². The van der Waals surface area contributed by atoms with E-state index >= 15 is 0 Å². The van der Waals surface area contributed by atoms with Crippen molar-refractivity contribution in [2.45, 2.75) is 19.3 Å². The normalized spacial score (nSPS) is 13.2. The lowest BCUT2D eigenvalue weighted by Crippen LogP contribution is -2.15. The monoisotopic (exact) mass is 682 g/mol. The number of benzene rings is 7. The van der Waals surface area contributed by atoms with Crippen molar-refractivity contribution in [2.24, 2.45) is 0 Å². The Morgan fingerprint density at radius 2 is 0.962 bits per heavy atom. The molecule has 0 N–H and O–H groups in total. The molecule has 4 nitrogen and oxygen atoms in total. The predicted octanol–water partition coefficient (Wildman–Crippen LogP) is 13.0. The Balaban J connectivity index is 1.01. The molecule has 53 heavy (non-hydrogen) atoms. The Hall–Kier alpha value is -6.78. The molecule has 0 radical (unpaired) electrons. The maximum Gasteiger partial charge on any atom is 0.177 e. The molecule has 0 saturated carbocycles. The molecule has 8 aromatic rings. The zero-order valence-corrected chi connectivity index (χ0v) is 29.4. The first kappa shape index (κ1) is 31.0. The minimum atomic E-state index is -0.133. The number of para-hydroxylation sites is 1. The van der Waals surface area contributed by atoms with Crippen molar-refractivity contribution in [3.63, 3.8) is 0 Å². The fourth-order valence-corrected chi connectivity index (χ4v) is 7.79. The van der Waals surface area contributed by atoms with Gasteiger partial charge < -0.3 is 9.47 Å². The molecule has 1 aliphatic carbocycles. The fraction of sp³-hybridized carbons (Fsp3) is 0.0612. The van der Waals surface area contributed by atoms with E-state index in [0.29, 0.717) is 11.6 Å². The second-order valence-electron chi connectivity index (χ2n) is 14.2. The Morgan fingerprint density at radius 1 is 0.377 bits per heavy atom. The van der Waals surface area contributed by atoms with Crippen molar-refractivity contribution in [3.8, 4) is 90.3 Å². The van der Waals surface area contributed by atoms with Gasteiger partial charge >= 0.3 is 0 Å². The molecule has 252 valence electrons. The number of rotatable bonds is 5. The van der Waals surface area contributed by atoms with E-state index in [-0.39, 0.29) is 5.41 Å². The largest absolute Gasteiger partial charge is 0.449 e. The van der Waals surface area contributed by atoms with Crippen LogP contribution in [-0.4, -0.2) is 9.97 Å². The van der Waals surface area contributed by atoms with Crippen LogP contribution in [0.5, 0.6) is 23.0 Å². The highest BCUT2D eigenvalue weighted by Crippen LogP contribution is 2.56. The Kier molecular flexibility index (Phi) is 7.12. The third-order valence-corrected chi connectivity index (χ3v) is 10.6. The molecule has 0 spiro atoms. The van der Waals surface area contributed by atoms with Crippen LogP contribution in [0.2, 0.25) is 0 Å². The first-order chi connectivity index (χ1) is 26.0. The van der Waals surface area contributed by atoms with Gasteiger partial charge in [-0.05, 0) is 69.3 Å². The molecule has 10 rings (SSSR count). The van der Waals surface area contributed by atoms with Crippen molar-refractivity contribution in [1.29, 1.82) is 0 Å². The van der Waals surface area contributed by atoms with Gasteiger partial charge in [0.15, 0.2) is 28.8 Å². The molecule has 7 aromatic carbocycles. The van der Waals surface area contributed by atoms with E-state index in [9.17, 15) is 0 Å². The van der Waals surface area contributed by atoms with Crippen molar-refractivity contribution >= 4 is 0 Å². The molecule has 0 unspecified atom stereocenters. The van der Waals surface area contributed by atoms with Gasteiger partial charge in [-0.25, -0.2) is 9.97 Å². The Morgan fingerprint density at radius 3 is 1.74 bits per heavy atom. The van der Waals surface area contributed by atoms with Gasteiger partial charge in [0.05, 0.1) is 11.4 Å². The fourth-order valence-electron chi connectivity index (χ4n) is 7.79. The molecule has 0 bridgehead atoms. The molecule has 2 aliphatic rings. The molecular weight excluding hydrogens is 649 g/mol. The van der Waals surface area contributed by atoms with Gasteiger partial charge in [-0.3, -0.25) is 0 Å². The summed E-state index contributed by atoms with van der Waals surface area (Å²) >= 11 is 0. The van der Waals surface area contributed by atoms with Gasteiger partial charge in [0.25, 0.3) is 0 Å². The third-order valence-electron chi connectivity index (χ3n) is 10.6. The van der Waals surface area contributed by atoms with Crippen LogP contribution in [0.3, 0.4) is 0 Å². The van der Waals surface area contributed by atoms with Crippen LogP contribution in [0.25, 0.3) is 67.3 Å². The van der Waals surface area contributed by atoms with E-state index in [1.54, 1.807) is 0 Å². The predicted molar refractivity (Wildman–Crippen MR) is 213 cm³/mol. The number of hydrogen-bond acceptors (Lipinski definition) is 4. The van der Waals surface area contributed by atoms with Crippen LogP contribution in [0, 0.1) is 0 Å². The number of ether oxygens (including phenoxy) is 2. The van der Waals surface area contributed by atoms with E-state index in [4.69, 9.17) is 19.4 Å². The van der Waals surface area contributed by atoms with Crippen molar-refractivity contribution in [2.75, 3.05) is 0 Å². The van der Waals surface area contributed by atoms with Gasteiger partial charge in [0.1, 0.15) is 0 Å². The molecule has 1 aromatic heterocycles. The maximum atomic E-state index is 6.72. The summed E-state index contributed by atoms with van der Waals surface area (Å²) in [5.74, 6) is 3.58. The van der Waals surface area contributed by atoms with Crippen molar-refractivity contribution in [1.82, 2.24) is 9.97 Å². The topological polar surface area (TPSA) is 44.2 Å². The number of fused-ring (bicyclic) bond motifs is 5. The van der Waals surface area contributed by atoms with Gasteiger partial charge in [0, 0.05) is 27.7 Å². The number of hydrogen-bond donors (Lipinski definition) is 0. The lowest BCUT2D eigenvalue weighted by atomic mass is 9.82. The second-order valence-corrected chi connectivity index (χ2v) is 14.2. The van der Waals surface area contributed by atoms with Gasteiger partial charge in [-0.1, -0.05) is 153 Å². The summed E-state index contributed by atoms with van der Waals surface area (Å²) in [6.07, 6.45) is 0. The summed E-state index contributed by atoms with van der Waals surface area (Å²) < 4.78 is 13.3. The molecule has 0 atom stereocenters. The van der Waals surface area contributed by atoms with E-state index in [1.165, 1.54) is 22.3 Å². The van der Waals surface area contributed by atoms with Gasteiger partial charge in [-0.15, -0.1) is 0 Å². The second kappa shape index (κ2) is 12.2. The van der Waals surface area contributed by atoms with Crippen LogP contribution in [-0.2, 0) is 5.41 Å². The standard InChI is InChI=1S/C49H34N2O2/c1-49(2)40-21-10-9-19-38(40)39-28-45-46(29-41(39)49)53-47-37(20-12-22-44(47)52-45)32-23-25-34(26-24-32)43-30-42(33-15-7-4-8-16-33)50-48(51-43)36-18-11-17-35(27-36)31-13-5-3-6-14-31/h3-30H,1-2H3. The smallest absolute Gasteiger partial charge is 0.177 e. The first-order valence-corrected chi connectivity index (χ1v) is 18.0. The third kappa shape index (κ3) is 5.30. The summed E-state index contributed by atoms with van der Waals surface area (Å²) in [7, 11) is 0. The quantitative estimate of drug-likeness (QED) is 0.181. The Labute approximate surface area is 309 Å². The van der Waals surface area contributed by atoms with Crippen LogP contribution < -0.4 is 9.47 Å². The minimum absolute atomic E-state index is 0.133. The summed E-state index contributed by atoms with van der Waals surface area (Å²) in [5, 5.41) is 0. The molecule has 4 heteroatoms. The molecule has 0 amide bonds. The summed E-state index contributed by atoms with van der Waals surface area (Å²) in [6.45, 7) is 4.56. The highest BCUT2D eigenvalue weighted by atomic mass is 16.6. The highest BCUT2D eigenvalue weighted by Gasteiger charge is 2.37. The summed E-state index contributed by atoms with van der Waals surface area (Å²) in [5.41, 5.74) is 13.9. The zero-order chi connectivity index (χ0) is 35.5. The number of nitrogens with zero attached hydrogens (tertiary/aromatic N) is 2. The summed E-state index contributed by atoms with van der Waals surface area (Å²) in [4.78, 5) is 10.2. The highest BCUT2D eigenvalue weighted by molar-refractivity contribution is 5.85. The van der Waals surface area contributed by atoms with Crippen LogP contribution in [0.15, 0.2) is 170 Å². The van der Waals surface area contributed by atoms with E-state index in [1.807, 2.05) is 36.4 Å². The molecular formula is C49H34N2O2. The molecule has 1 aliphatic heterocycles. The Bertz CT molecular complexity index is 2680.